The van der Waals surface area contributed by atoms with E-state index in [0.29, 0.717) is 21.7 Å². The van der Waals surface area contributed by atoms with E-state index in [4.69, 9.17) is 5.26 Å². The summed E-state index contributed by atoms with van der Waals surface area (Å²) in [6, 6.07) is 14.7. The van der Waals surface area contributed by atoms with E-state index in [9.17, 15) is 13.6 Å². The zero-order chi connectivity index (χ0) is 18.7. The van der Waals surface area contributed by atoms with Crippen molar-refractivity contribution in [2.75, 3.05) is 0 Å². The highest BCUT2D eigenvalue weighted by molar-refractivity contribution is 8.00. The molecule has 1 aromatic heterocycles. The van der Waals surface area contributed by atoms with Gasteiger partial charge in [0.25, 0.3) is 5.56 Å². The molecule has 3 rings (SSSR count). The highest BCUT2D eigenvalue weighted by Gasteiger charge is 2.16. The number of hydrogen-bond acceptors (Lipinski definition) is 5. The third kappa shape index (κ3) is 3.68. The lowest BCUT2D eigenvalue weighted by Crippen LogP contribution is -2.22. The van der Waals surface area contributed by atoms with Gasteiger partial charge in [0.2, 0.25) is 0 Å². The maximum atomic E-state index is 13.0. The first kappa shape index (κ1) is 17.9. The smallest absolute Gasteiger partial charge is 0.387 e. The Balaban J connectivity index is 2.16. The molecule has 0 spiro atoms. The van der Waals surface area contributed by atoms with Gasteiger partial charge in [0.15, 0.2) is 5.16 Å². The SMILES string of the molecule is C[C@@H](C#N)Sc1nc2ccccc2c(=O)n1-c1ccc(OC(F)F)cc1. The molecule has 0 unspecified atom stereocenters. The summed E-state index contributed by atoms with van der Waals surface area (Å²) in [6.45, 7) is -1.22. The summed E-state index contributed by atoms with van der Waals surface area (Å²) in [6.07, 6.45) is 0. The molecule has 0 saturated carbocycles. The van der Waals surface area contributed by atoms with Gasteiger partial charge in [-0.3, -0.25) is 9.36 Å². The zero-order valence-electron chi connectivity index (χ0n) is 13.6. The van der Waals surface area contributed by atoms with Gasteiger partial charge in [0.05, 0.1) is 27.9 Å². The Morgan fingerprint density at radius 1 is 1.19 bits per heavy atom. The lowest BCUT2D eigenvalue weighted by molar-refractivity contribution is -0.0498. The summed E-state index contributed by atoms with van der Waals surface area (Å²) in [5.74, 6) is -0.00913. The molecule has 0 saturated heterocycles. The average Bonchev–Trinajstić information content (AvgIpc) is 2.62. The van der Waals surface area contributed by atoms with E-state index in [2.05, 4.69) is 15.8 Å². The van der Waals surface area contributed by atoms with E-state index < -0.39 is 11.9 Å². The highest BCUT2D eigenvalue weighted by Crippen LogP contribution is 2.25. The van der Waals surface area contributed by atoms with Crippen molar-refractivity contribution >= 4 is 22.7 Å². The number of hydrogen-bond donors (Lipinski definition) is 0. The molecule has 1 heterocycles. The molecule has 1 atom stereocenters. The average molecular weight is 373 g/mol. The van der Waals surface area contributed by atoms with Crippen molar-refractivity contribution in [3.8, 4) is 17.5 Å². The van der Waals surface area contributed by atoms with Crippen LogP contribution in [0.2, 0.25) is 0 Å². The molecular weight excluding hydrogens is 360 g/mol. The van der Waals surface area contributed by atoms with Crippen molar-refractivity contribution < 1.29 is 13.5 Å². The number of rotatable bonds is 5. The predicted octanol–water partition coefficient (Wildman–Crippen LogP) is 3.99. The van der Waals surface area contributed by atoms with E-state index in [-0.39, 0.29) is 11.3 Å². The van der Waals surface area contributed by atoms with Gasteiger partial charge in [0, 0.05) is 0 Å². The Labute approximate surface area is 151 Å². The van der Waals surface area contributed by atoms with Crippen LogP contribution in [0.5, 0.6) is 5.75 Å². The van der Waals surface area contributed by atoms with Gasteiger partial charge in [-0.15, -0.1) is 0 Å². The topological polar surface area (TPSA) is 67.9 Å². The lowest BCUT2D eigenvalue weighted by atomic mass is 10.2. The molecule has 0 bridgehead atoms. The fraction of sp³-hybridized carbons (Fsp3) is 0.167. The maximum absolute atomic E-state index is 13.0. The van der Waals surface area contributed by atoms with Gasteiger partial charge in [-0.25, -0.2) is 4.98 Å². The third-order valence-corrected chi connectivity index (χ3v) is 4.47. The summed E-state index contributed by atoms with van der Waals surface area (Å²) in [4.78, 5) is 17.5. The molecular formula is C18H13F2N3O2S. The molecule has 0 amide bonds. The normalized spacial score (nSPS) is 12.1. The van der Waals surface area contributed by atoms with Crippen LogP contribution in [0.1, 0.15) is 6.92 Å². The molecule has 5 nitrogen and oxygen atoms in total. The van der Waals surface area contributed by atoms with Crippen LogP contribution in [0, 0.1) is 11.3 Å². The molecule has 0 fully saturated rings. The molecule has 3 aromatic rings. The van der Waals surface area contributed by atoms with E-state index in [1.165, 1.54) is 28.8 Å². The van der Waals surface area contributed by atoms with E-state index in [1.54, 1.807) is 31.2 Å². The minimum absolute atomic E-state index is 0.00913. The molecule has 0 aliphatic carbocycles. The Bertz CT molecular complexity index is 1030. The molecule has 0 N–H and O–H groups in total. The van der Waals surface area contributed by atoms with Crippen LogP contribution in [0.25, 0.3) is 16.6 Å². The number of benzene rings is 2. The number of alkyl halides is 2. The second-order valence-corrected chi connectivity index (χ2v) is 6.62. The highest BCUT2D eigenvalue weighted by atomic mass is 32.2. The fourth-order valence-electron chi connectivity index (χ4n) is 2.38. The quantitative estimate of drug-likeness (QED) is 0.500. The Morgan fingerprint density at radius 2 is 1.88 bits per heavy atom. The van der Waals surface area contributed by atoms with Crippen LogP contribution in [0.15, 0.2) is 58.5 Å². The Hall–Kier alpha value is -2.92. The monoisotopic (exact) mass is 373 g/mol. The number of ether oxygens (including phenoxy) is 1. The number of aromatic nitrogens is 2. The predicted molar refractivity (Wildman–Crippen MR) is 94.9 cm³/mol. The summed E-state index contributed by atoms with van der Waals surface area (Å²) in [5, 5.41) is 9.44. The largest absolute Gasteiger partial charge is 0.435 e. The van der Waals surface area contributed by atoms with Crippen LogP contribution in [-0.4, -0.2) is 21.4 Å². The molecule has 26 heavy (non-hydrogen) atoms. The molecule has 0 aliphatic heterocycles. The summed E-state index contributed by atoms with van der Waals surface area (Å²) >= 11 is 1.15. The third-order valence-electron chi connectivity index (χ3n) is 3.53. The Kier molecular flexibility index (Phi) is 5.19. The van der Waals surface area contributed by atoms with Gasteiger partial charge in [-0.2, -0.15) is 14.0 Å². The molecule has 132 valence electrons. The van der Waals surface area contributed by atoms with Gasteiger partial charge in [-0.05, 0) is 43.3 Å². The van der Waals surface area contributed by atoms with Crippen molar-refractivity contribution in [3.05, 3.63) is 58.9 Å². The lowest BCUT2D eigenvalue weighted by Gasteiger charge is -2.14. The molecule has 2 aromatic carbocycles. The van der Waals surface area contributed by atoms with Crippen LogP contribution >= 0.6 is 11.8 Å². The van der Waals surface area contributed by atoms with Crippen LogP contribution in [0.4, 0.5) is 8.78 Å². The maximum Gasteiger partial charge on any atom is 0.387 e. The van der Waals surface area contributed by atoms with Gasteiger partial charge in [-0.1, -0.05) is 23.9 Å². The molecule has 8 heteroatoms. The first-order valence-corrected chi connectivity index (χ1v) is 8.51. The second kappa shape index (κ2) is 7.54. The van der Waals surface area contributed by atoms with Gasteiger partial charge in [0.1, 0.15) is 5.75 Å². The van der Waals surface area contributed by atoms with E-state index >= 15 is 0 Å². The van der Waals surface area contributed by atoms with Gasteiger partial charge >= 0.3 is 6.61 Å². The van der Waals surface area contributed by atoms with Crippen LogP contribution in [-0.2, 0) is 0 Å². The Morgan fingerprint density at radius 3 is 2.54 bits per heavy atom. The number of nitrogens with zero attached hydrogens (tertiary/aromatic N) is 3. The second-order valence-electron chi connectivity index (χ2n) is 5.31. The molecule has 0 aliphatic rings. The number of halogens is 2. The van der Waals surface area contributed by atoms with Crippen molar-refractivity contribution in [2.24, 2.45) is 0 Å². The minimum Gasteiger partial charge on any atom is -0.435 e. The van der Waals surface area contributed by atoms with Crippen molar-refractivity contribution in [2.45, 2.75) is 23.9 Å². The summed E-state index contributed by atoms with van der Waals surface area (Å²) in [5.41, 5.74) is 0.673. The summed E-state index contributed by atoms with van der Waals surface area (Å²) in [7, 11) is 0. The molecule has 0 radical (unpaired) electrons. The summed E-state index contributed by atoms with van der Waals surface area (Å²) < 4.78 is 30.3. The number of fused-ring (bicyclic) bond motifs is 1. The van der Waals surface area contributed by atoms with Gasteiger partial charge < -0.3 is 4.74 Å². The van der Waals surface area contributed by atoms with Crippen molar-refractivity contribution in [1.29, 1.82) is 5.26 Å². The number of para-hydroxylation sites is 1. The van der Waals surface area contributed by atoms with Crippen molar-refractivity contribution in [1.82, 2.24) is 9.55 Å². The van der Waals surface area contributed by atoms with Crippen LogP contribution in [0.3, 0.4) is 0 Å². The standard InChI is InChI=1S/C18H13F2N3O2S/c1-11(10-21)26-18-22-15-5-3-2-4-14(15)16(24)23(18)12-6-8-13(9-7-12)25-17(19)20/h2-9,11,17H,1H3/t11-/m0/s1. The van der Waals surface area contributed by atoms with Crippen LogP contribution < -0.4 is 10.3 Å². The van der Waals surface area contributed by atoms with Crippen molar-refractivity contribution in [3.63, 3.8) is 0 Å². The van der Waals surface area contributed by atoms with E-state index in [1.807, 2.05) is 0 Å². The zero-order valence-corrected chi connectivity index (χ0v) is 14.4. The van der Waals surface area contributed by atoms with E-state index in [0.717, 1.165) is 11.8 Å². The first-order chi connectivity index (χ1) is 12.5. The number of nitriles is 1. The number of thioether (sulfide) groups is 1. The fourth-order valence-corrected chi connectivity index (χ4v) is 3.19. The minimum atomic E-state index is -2.92. The first-order valence-electron chi connectivity index (χ1n) is 7.63.